The quantitative estimate of drug-likeness (QED) is 0.837. The number of ether oxygens (including phenoxy) is 1. The van der Waals surface area contributed by atoms with Crippen molar-refractivity contribution in [3.8, 4) is 0 Å². The second-order valence-corrected chi connectivity index (χ2v) is 7.79. The number of amides is 1. The molecule has 0 radical (unpaired) electrons. The minimum atomic E-state index is -1.19. The third kappa shape index (κ3) is 4.72. The van der Waals surface area contributed by atoms with Crippen molar-refractivity contribution in [2.45, 2.75) is 31.1 Å². The summed E-state index contributed by atoms with van der Waals surface area (Å²) >= 11 is 1.79. The first kappa shape index (κ1) is 17.7. The second kappa shape index (κ2) is 8.34. The molecular weight excluding hydrogens is 324 g/mol. The van der Waals surface area contributed by atoms with Gasteiger partial charge in [0.25, 0.3) is 5.91 Å². The molecule has 2 saturated heterocycles. The molecule has 2 N–H and O–H groups in total. The van der Waals surface area contributed by atoms with Crippen LogP contribution in [0.15, 0.2) is 30.3 Å². The SMILES string of the molecule is O=C(NCC1CN(Cc2ccccc2)CCO1)C1(O)CCSCC1. The van der Waals surface area contributed by atoms with E-state index in [1.807, 2.05) is 6.07 Å². The van der Waals surface area contributed by atoms with Gasteiger partial charge in [-0.1, -0.05) is 30.3 Å². The Morgan fingerprint density at radius 2 is 2.08 bits per heavy atom. The lowest BCUT2D eigenvalue weighted by Crippen LogP contribution is -2.53. The molecule has 1 unspecified atom stereocenters. The highest BCUT2D eigenvalue weighted by molar-refractivity contribution is 7.99. The third-order valence-electron chi connectivity index (χ3n) is 4.70. The number of hydrogen-bond acceptors (Lipinski definition) is 5. The lowest BCUT2D eigenvalue weighted by atomic mass is 9.96. The van der Waals surface area contributed by atoms with Gasteiger partial charge in [-0.05, 0) is 29.9 Å². The molecule has 1 aromatic carbocycles. The van der Waals surface area contributed by atoms with E-state index in [-0.39, 0.29) is 12.0 Å². The molecule has 0 bridgehead atoms. The molecule has 2 aliphatic rings. The highest BCUT2D eigenvalue weighted by atomic mass is 32.2. The van der Waals surface area contributed by atoms with E-state index in [4.69, 9.17) is 4.74 Å². The monoisotopic (exact) mass is 350 g/mol. The normalized spacial score (nSPS) is 24.5. The van der Waals surface area contributed by atoms with Crippen LogP contribution in [0, 0.1) is 0 Å². The maximum Gasteiger partial charge on any atom is 0.252 e. The summed E-state index contributed by atoms with van der Waals surface area (Å²) < 4.78 is 5.77. The molecule has 5 nitrogen and oxygen atoms in total. The Bertz CT molecular complexity index is 534. The van der Waals surface area contributed by atoms with Gasteiger partial charge in [-0.2, -0.15) is 11.8 Å². The van der Waals surface area contributed by atoms with Gasteiger partial charge >= 0.3 is 0 Å². The molecule has 2 fully saturated rings. The van der Waals surface area contributed by atoms with Gasteiger partial charge in [0.15, 0.2) is 0 Å². The summed E-state index contributed by atoms with van der Waals surface area (Å²) in [7, 11) is 0. The van der Waals surface area contributed by atoms with Crippen LogP contribution < -0.4 is 5.32 Å². The van der Waals surface area contributed by atoms with Crippen LogP contribution in [0.3, 0.4) is 0 Å². The Kier molecular flexibility index (Phi) is 6.16. The zero-order chi connectivity index (χ0) is 16.8. The van der Waals surface area contributed by atoms with Gasteiger partial charge < -0.3 is 15.2 Å². The number of nitrogens with one attached hydrogen (secondary N) is 1. The van der Waals surface area contributed by atoms with Crippen LogP contribution in [0.2, 0.25) is 0 Å². The smallest absolute Gasteiger partial charge is 0.252 e. The number of aliphatic hydroxyl groups is 1. The van der Waals surface area contributed by atoms with Gasteiger partial charge in [0, 0.05) is 26.2 Å². The minimum absolute atomic E-state index is 0.0204. The summed E-state index contributed by atoms with van der Waals surface area (Å²) in [5, 5.41) is 13.3. The van der Waals surface area contributed by atoms with Crippen molar-refractivity contribution in [2.24, 2.45) is 0 Å². The van der Waals surface area contributed by atoms with E-state index >= 15 is 0 Å². The Morgan fingerprint density at radius 1 is 1.33 bits per heavy atom. The fraction of sp³-hybridized carbons (Fsp3) is 0.611. The van der Waals surface area contributed by atoms with Crippen LogP contribution in [0.1, 0.15) is 18.4 Å². The molecule has 132 valence electrons. The predicted molar refractivity (Wildman–Crippen MR) is 96.0 cm³/mol. The molecule has 1 aromatic rings. The van der Waals surface area contributed by atoms with E-state index in [1.165, 1.54) is 5.56 Å². The van der Waals surface area contributed by atoms with Gasteiger partial charge in [0.2, 0.25) is 0 Å². The van der Waals surface area contributed by atoms with Crippen molar-refractivity contribution in [3.63, 3.8) is 0 Å². The fourth-order valence-electron chi connectivity index (χ4n) is 3.20. The van der Waals surface area contributed by atoms with E-state index in [0.717, 1.165) is 31.1 Å². The average molecular weight is 350 g/mol. The van der Waals surface area contributed by atoms with Crippen LogP contribution in [0.5, 0.6) is 0 Å². The number of rotatable bonds is 5. The second-order valence-electron chi connectivity index (χ2n) is 6.57. The Morgan fingerprint density at radius 3 is 2.83 bits per heavy atom. The van der Waals surface area contributed by atoms with Gasteiger partial charge in [0.05, 0.1) is 12.7 Å². The summed E-state index contributed by atoms with van der Waals surface area (Å²) in [6.45, 7) is 3.73. The van der Waals surface area contributed by atoms with E-state index in [2.05, 4.69) is 34.5 Å². The predicted octanol–water partition coefficient (Wildman–Crippen LogP) is 1.26. The number of morpholine rings is 1. The zero-order valence-corrected chi connectivity index (χ0v) is 14.8. The number of benzene rings is 1. The molecule has 24 heavy (non-hydrogen) atoms. The van der Waals surface area contributed by atoms with Crippen molar-refractivity contribution < 1.29 is 14.6 Å². The first-order valence-corrected chi connectivity index (χ1v) is 9.77. The van der Waals surface area contributed by atoms with Gasteiger partial charge in [-0.15, -0.1) is 0 Å². The van der Waals surface area contributed by atoms with E-state index < -0.39 is 5.60 Å². The van der Waals surface area contributed by atoms with E-state index in [0.29, 0.717) is 26.0 Å². The molecule has 1 amide bonds. The molecule has 0 spiro atoms. The summed E-state index contributed by atoms with van der Waals surface area (Å²) in [5.74, 6) is 1.44. The highest BCUT2D eigenvalue weighted by Gasteiger charge is 2.37. The van der Waals surface area contributed by atoms with Crippen molar-refractivity contribution >= 4 is 17.7 Å². The molecular formula is C18H26N2O3S. The van der Waals surface area contributed by atoms with Crippen molar-refractivity contribution in [1.82, 2.24) is 10.2 Å². The number of hydrogen-bond donors (Lipinski definition) is 2. The number of carbonyl (C=O) groups excluding carboxylic acids is 1. The number of thioether (sulfide) groups is 1. The lowest BCUT2D eigenvalue weighted by molar-refractivity contribution is -0.141. The maximum atomic E-state index is 12.3. The fourth-order valence-corrected chi connectivity index (χ4v) is 4.36. The summed E-state index contributed by atoms with van der Waals surface area (Å²) in [6.07, 6.45) is 1.05. The molecule has 0 aromatic heterocycles. The highest BCUT2D eigenvalue weighted by Crippen LogP contribution is 2.27. The van der Waals surface area contributed by atoms with E-state index in [9.17, 15) is 9.90 Å². The van der Waals surface area contributed by atoms with Gasteiger partial charge in [0.1, 0.15) is 5.60 Å². The van der Waals surface area contributed by atoms with Gasteiger partial charge in [-0.3, -0.25) is 9.69 Å². The maximum absolute atomic E-state index is 12.3. The largest absolute Gasteiger partial charge is 0.380 e. The Hall–Kier alpha value is -1.08. The minimum Gasteiger partial charge on any atom is -0.380 e. The van der Waals surface area contributed by atoms with Crippen LogP contribution in [0.4, 0.5) is 0 Å². The van der Waals surface area contributed by atoms with Crippen LogP contribution in [-0.4, -0.2) is 65.4 Å². The lowest BCUT2D eigenvalue weighted by Gasteiger charge is -2.34. The molecule has 0 aliphatic carbocycles. The van der Waals surface area contributed by atoms with Crippen molar-refractivity contribution in [1.29, 1.82) is 0 Å². The zero-order valence-electron chi connectivity index (χ0n) is 13.9. The molecule has 0 saturated carbocycles. The summed E-state index contributed by atoms with van der Waals surface area (Å²) in [4.78, 5) is 14.6. The van der Waals surface area contributed by atoms with Crippen molar-refractivity contribution in [2.75, 3.05) is 37.7 Å². The molecule has 1 atom stereocenters. The standard InChI is InChI=1S/C18H26N2O3S/c21-17(18(22)6-10-24-11-7-18)19-12-16-14-20(8-9-23-16)13-15-4-2-1-3-5-15/h1-5,16,22H,6-14H2,(H,19,21). The first-order chi connectivity index (χ1) is 11.7. The number of carbonyl (C=O) groups is 1. The van der Waals surface area contributed by atoms with Crippen molar-refractivity contribution in [3.05, 3.63) is 35.9 Å². The third-order valence-corrected chi connectivity index (χ3v) is 5.69. The summed E-state index contributed by atoms with van der Waals surface area (Å²) in [6, 6.07) is 10.4. The number of nitrogens with zero attached hydrogens (tertiary/aromatic N) is 1. The Balaban J connectivity index is 1.46. The molecule has 2 aliphatic heterocycles. The molecule has 3 rings (SSSR count). The molecule has 6 heteroatoms. The van der Waals surface area contributed by atoms with E-state index in [1.54, 1.807) is 11.8 Å². The van der Waals surface area contributed by atoms with Crippen LogP contribution in [-0.2, 0) is 16.1 Å². The Labute approximate surface area is 147 Å². The average Bonchev–Trinajstić information content (AvgIpc) is 2.61. The topological polar surface area (TPSA) is 61.8 Å². The first-order valence-electron chi connectivity index (χ1n) is 8.62. The van der Waals surface area contributed by atoms with Gasteiger partial charge in [-0.25, -0.2) is 0 Å². The molecule has 2 heterocycles. The summed E-state index contributed by atoms with van der Waals surface area (Å²) in [5.41, 5.74) is 0.0973. The van der Waals surface area contributed by atoms with Crippen LogP contribution in [0.25, 0.3) is 0 Å². The van der Waals surface area contributed by atoms with Crippen LogP contribution >= 0.6 is 11.8 Å².